The quantitative estimate of drug-likeness (QED) is 0.743. The Morgan fingerprint density at radius 2 is 2.08 bits per heavy atom. The zero-order chi connectivity index (χ0) is 17.9. The highest BCUT2D eigenvalue weighted by atomic mass is 16.2. The van der Waals surface area contributed by atoms with E-state index in [0.717, 1.165) is 22.2 Å². The van der Waals surface area contributed by atoms with E-state index in [1.54, 1.807) is 11.1 Å². The second-order valence-corrected chi connectivity index (χ2v) is 6.47. The minimum atomic E-state index is -0.431. The first-order valence-electron chi connectivity index (χ1n) is 8.74. The van der Waals surface area contributed by atoms with Gasteiger partial charge < -0.3 is 15.2 Å². The second-order valence-electron chi connectivity index (χ2n) is 6.47. The van der Waals surface area contributed by atoms with Gasteiger partial charge in [0.2, 0.25) is 11.8 Å². The number of nitrogens with zero attached hydrogens (tertiary/aromatic N) is 2. The lowest BCUT2D eigenvalue weighted by atomic mass is 10.1. The van der Waals surface area contributed by atoms with Gasteiger partial charge in [-0.25, -0.2) is 0 Å². The third kappa shape index (κ3) is 3.18. The van der Waals surface area contributed by atoms with Crippen molar-refractivity contribution >= 4 is 22.7 Å². The Kier molecular flexibility index (Phi) is 4.39. The number of hydrogen-bond acceptors (Lipinski definition) is 3. The van der Waals surface area contributed by atoms with Crippen LogP contribution in [0.3, 0.4) is 0 Å². The molecule has 0 aliphatic carbocycles. The van der Waals surface area contributed by atoms with E-state index in [1.165, 1.54) is 0 Å². The van der Waals surface area contributed by atoms with Crippen molar-refractivity contribution in [2.24, 2.45) is 0 Å². The molecule has 0 radical (unpaired) electrons. The number of para-hydroxylation sites is 1. The van der Waals surface area contributed by atoms with E-state index in [0.29, 0.717) is 25.9 Å². The van der Waals surface area contributed by atoms with Gasteiger partial charge in [-0.1, -0.05) is 24.3 Å². The van der Waals surface area contributed by atoms with Crippen LogP contribution in [0.15, 0.2) is 54.9 Å². The lowest BCUT2D eigenvalue weighted by Crippen LogP contribution is -2.44. The third-order valence-electron chi connectivity index (χ3n) is 4.82. The van der Waals surface area contributed by atoms with Crippen LogP contribution in [0.2, 0.25) is 0 Å². The van der Waals surface area contributed by atoms with Gasteiger partial charge in [-0.15, -0.1) is 0 Å². The topological polar surface area (TPSA) is 78.1 Å². The van der Waals surface area contributed by atoms with Gasteiger partial charge in [-0.3, -0.25) is 14.6 Å². The number of carbonyl (C=O) groups is 2. The summed E-state index contributed by atoms with van der Waals surface area (Å²) in [6, 6.07) is 13.1. The van der Waals surface area contributed by atoms with Crippen molar-refractivity contribution in [1.82, 2.24) is 20.2 Å². The Bertz CT molecular complexity index is 935. The van der Waals surface area contributed by atoms with Crippen molar-refractivity contribution in [2.45, 2.75) is 32.0 Å². The molecule has 2 aromatic heterocycles. The number of carbonyl (C=O) groups excluding carboxylic acids is 2. The fourth-order valence-electron chi connectivity index (χ4n) is 3.45. The number of hydrogen-bond donors (Lipinski definition) is 2. The fraction of sp³-hybridized carbons (Fsp3) is 0.250. The number of likely N-dealkylation sites (tertiary alicyclic amines) is 1. The molecule has 6 nitrogen and oxygen atoms in total. The van der Waals surface area contributed by atoms with E-state index in [-0.39, 0.29) is 11.8 Å². The van der Waals surface area contributed by atoms with E-state index in [4.69, 9.17) is 0 Å². The summed E-state index contributed by atoms with van der Waals surface area (Å²) < 4.78 is 0. The van der Waals surface area contributed by atoms with Gasteiger partial charge in [-0.05, 0) is 30.2 Å². The van der Waals surface area contributed by atoms with Gasteiger partial charge in [0, 0.05) is 36.3 Å². The molecule has 1 saturated heterocycles. The molecule has 0 bridgehead atoms. The summed E-state index contributed by atoms with van der Waals surface area (Å²) in [7, 11) is 0. The summed E-state index contributed by atoms with van der Waals surface area (Å²) in [4.78, 5) is 34.1. The minimum absolute atomic E-state index is 0.0215. The number of H-pyrrole nitrogens is 1. The lowest BCUT2D eigenvalue weighted by Gasteiger charge is -2.24. The highest BCUT2D eigenvalue weighted by molar-refractivity contribution is 5.91. The number of rotatable bonds is 5. The Hall–Kier alpha value is -3.15. The van der Waals surface area contributed by atoms with Gasteiger partial charge >= 0.3 is 0 Å². The molecule has 26 heavy (non-hydrogen) atoms. The minimum Gasteiger partial charge on any atom is -0.361 e. The normalized spacial score (nSPS) is 17.0. The van der Waals surface area contributed by atoms with Crippen LogP contribution in [0.25, 0.3) is 10.9 Å². The molecule has 4 rings (SSSR count). The summed E-state index contributed by atoms with van der Waals surface area (Å²) in [5.74, 6) is -0.102. The van der Waals surface area contributed by atoms with Crippen LogP contribution in [0.4, 0.5) is 0 Å². The van der Waals surface area contributed by atoms with Crippen LogP contribution in [0.5, 0.6) is 0 Å². The third-order valence-corrected chi connectivity index (χ3v) is 4.82. The Morgan fingerprint density at radius 3 is 2.92 bits per heavy atom. The van der Waals surface area contributed by atoms with E-state index >= 15 is 0 Å². The molecule has 2 amide bonds. The highest BCUT2D eigenvalue weighted by Gasteiger charge is 2.36. The maximum atomic E-state index is 12.6. The maximum Gasteiger partial charge on any atom is 0.243 e. The molecule has 1 atom stereocenters. The Balaban J connectivity index is 1.47. The number of aromatic nitrogens is 2. The lowest BCUT2D eigenvalue weighted by molar-refractivity contribution is -0.135. The molecule has 0 spiro atoms. The molecule has 2 N–H and O–H groups in total. The summed E-state index contributed by atoms with van der Waals surface area (Å²) in [6.07, 6.45) is 4.57. The Labute approximate surface area is 151 Å². The smallest absolute Gasteiger partial charge is 0.243 e. The van der Waals surface area contributed by atoms with Crippen molar-refractivity contribution in [2.75, 3.05) is 0 Å². The second kappa shape index (κ2) is 7.00. The van der Waals surface area contributed by atoms with Gasteiger partial charge in [0.1, 0.15) is 6.04 Å². The van der Waals surface area contributed by atoms with Gasteiger partial charge in [0.15, 0.2) is 0 Å². The van der Waals surface area contributed by atoms with Crippen LogP contribution in [0, 0.1) is 0 Å². The number of amides is 2. The predicted molar refractivity (Wildman–Crippen MR) is 98.0 cm³/mol. The van der Waals surface area contributed by atoms with Crippen LogP contribution >= 0.6 is 0 Å². The van der Waals surface area contributed by atoms with E-state index in [9.17, 15) is 9.59 Å². The summed E-state index contributed by atoms with van der Waals surface area (Å²) in [6.45, 7) is 0.801. The monoisotopic (exact) mass is 348 g/mol. The summed E-state index contributed by atoms with van der Waals surface area (Å²) >= 11 is 0. The van der Waals surface area contributed by atoms with Gasteiger partial charge in [0.05, 0.1) is 12.2 Å². The van der Waals surface area contributed by atoms with Crippen molar-refractivity contribution in [3.8, 4) is 0 Å². The summed E-state index contributed by atoms with van der Waals surface area (Å²) in [5, 5.41) is 3.99. The molecule has 1 aromatic carbocycles. The largest absolute Gasteiger partial charge is 0.361 e. The number of fused-ring (bicyclic) bond motifs is 1. The highest BCUT2D eigenvalue weighted by Crippen LogP contribution is 2.25. The first-order chi connectivity index (χ1) is 12.7. The standard InChI is InChI=1S/C20H20N4O2/c25-19-9-8-18(20(26)23-12-15-5-3-4-10-21-15)24(19)13-14-11-22-17-7-2-1-6-16(14)17/h1-7,10-11,18,22H,8-9,12-13H2,(H,23,26)/t18-/m0/s1. The molecule has 1 aliphatic heterocycles. The number of pyridine rings is 1. The molecule has 3 heterocycles. The van der Waals surface area contributed by atoms with Crippen LogP contribution in [0.1, 0.15) is 24.1 Å². The fourth-order valence-corrected chi connectivity index (χ4v) is 3.45. The van der Waals surface area contributed by atoms with Gasteiger partial charge in [0.25, 0.3) is 0 Å². The van der Waals surface area contributed by atoms with E-state index < -0.39 is 6.04 Å². The molecule has 0 saturated carbocycles. The van der Waals surface area contributed by atoms with Gasteiger partial charge in [-0.2, -0.15) is 0 Å². The average molecular weight is 348 g/mol. The number of aromatic amines is 1. The van der Waals surface area contributed by atoms with E-state index in [2.05, 4.69) is 15.3 Å². The van der Waals surface area contributed by atoms with Crippen molar-refractivity contribution in [3.63, 3.8) is 0 Å². The molecule has 0 unspecified atom stereocenters. The SMILES string of the molecule is O=C(NCc1ccccn1)[C@@H]1CCC(=O)N1Cc1c[nH]c2ccccc12. The molecular weight excluding hydrogens is 328 g/mol. The first kappa shape index (κ1) is 16.3. The molecule has 1 aliphatic rings. The molecule has 3 aromatic rings. The number of benzene rings is 1. The average Bonchev–Trinajstić information content (AvgIpc) is 3.25. The van der Waals surface area contributed by atoms with Crippen LogP contribution < -0.4 is 5.32 Å². The van der Waals surface area contributed by atoms with Crippen molar-refractivity contribution in [1.29, 1.82) is 0 Å². The molecule has 6 heteroatoms. The van der Waals surface area contributed by atoms with Crippen LogP contribution in [-0.4, -0.2) is 32.7 Å². The van der Waals surface area contributed by atoms with Crippen molar-refractivity contribution in [3.05, 3.63) is 66.1 Å². The molecule has 1 fully saturated rings. The van der Waals surface area contributed by atoms with Crippen LogP contribution in [-0.2, 0) is 22.7 Å². The maximum absolute atomic E-state index is 12.6. The Morgan fingerprint density at radius 1 is 1.23 bits per heavy atom. The van der Waals surface area contributed by atoms with E-state index in [1.807, 2.05) is 48.7 Å². The summed E-state index contributed by atoms with van der Waals surface area (Å²) in [5.41, 5.74) is 2.86. The number of nitrogens with one attached hydrogen (secondary N) is 2. The zero-order valence-corrected chi connectivity index (χ0v) is 14.3. The molecule has 132 valence electrons. The first-order valence-corrected chi connectivity index (χ1v) is 8.74. The van der Waals surface area contributed by atoms with Crippen molar-refractivity contribution < 1.29 is 9.59 Å². The molecular formula is C20H20N4O2. The predicted octanol–water partition coefficient (Wildman–Crippen LogP) is 2.37. The zero-order valence-electron chi connectivity index (χ0n) is 14.3.